The van der Waals surface area contributed by atoms with Gasteiger partial charge in [-0.05, 0) is 0 Å². The Morgan fingerprint density at radius 2 is 2.17 bits per heavy atom. The van der Waals surface area contributed by atoms with Gasteiger partial charge in [0.2, 0.25) is 5.91 Å². The van der Waals surface area contributed by atoms with Crippen LogP contribution in [0.3, 0.4) is 0 Å². The third-order valence-electron chi connectivity index (χ3n) is 0.348. The summed E-state index contributed by atoms with van der Waals surface area (Å²) in [5.74, 6) is -0.523. The summed E-state index contributed by atoms with van der Waals surface area (Å²) >= 11 is 0. The predicted octanol–water partition coefficient (Wildman–Crippen LogP) is -0.708. The van der Waals surface area contributed by atoms with Crippen LogP contribution >= 0.6 is 0 Å². The summed E-state index contributed by atoms with van der Waals surface area (Å²) in [6, 6.07) is 0. The predicted molar refractivity (Wildman–Crippen MR) is 19.4 cm³/mol. The standard InChI is InChI=1S/C3H6NO2/c4-3(6)1-2-5/h1-2H2,(H2,4,6). The number of hydrogen-bond acceptors (Lipinski definition) is 1. The molecule has 0 aliphatic carbocycles. The van der Waals surface area contributed by atoms with Crippen LogP contribution in [-0.4, -0.2) is 12.5 Å². The van der Waals surface area contributed by atoms with E-state index in [2.05, 4.69) is 5.73 Å². The average molecular weight is 88.1 g/mol. The number of carbonyl (C=O) groups excluding carboxylic acids is 1. The SMILES string of the molecule is NC(=O)CC[O]. The number of primary amides is 1. The van der Waals surface area contributed by atoms with Crippen molar-refractivity contribution in [2.75, 3.05) is 6.61 Å². The van der Waals surface area contributed by atoms with Gasteiger partial charge in [-0.3, -0.25) is 4.79 Å². The minimum atomic E-state index is -0.523. The summed E-state index contributed by atoms with van der Waals surface area (Å²) in [5.41, 5.74) is 4.56. The van der Waals surface area contributed by atoms with Gasteiger partial charge in [-0.15, -0.1) is 0 Å². The van der Waals surface area contributed by atoms with Crippen molar-refractivity contribution in [3.05, 3.63) is 0 Å². The number of rotatable bonds is 2. The van der Waals surface area contributed by atoms with Gasteiger partial charge in [-0.1, -0.05) is 0 Å². The van der Waals surface area contributed by atoms with Crippen LogP contribution in [0.15, 0.2) is 0 Å². The summed E-state index contributed by atoms with van der Waals surface area (Å²) in [6.07, 6.45) is -0.0417. The maximum atomic E-state index is 9.62. The lowest BCUT2D eigenvalue weighted by atomic mass is 10.4. The largest absolute Gasteiger partial charge is 0.370 e. The molecule has 0 fully saturated rings. The molecule has 3 nitrogen and oxygen atoms in total. The Labute approximate surface area is 35.8 Å². The third-order valence-corrected chi connectivity index (χ3v) is 0.348. The Morgan fingerprint density at radius 1 is 1.67 bits per heavy atom. The van der Waals surface area contributed by atoms with E-state index in [1.54, 1.807) is 0 Å². The molecule has 0 saturated heterocycles. The molecule has 0 rings (SSSR count). The van der Waals surface area contributed by atoms with Crippen LogP contribution in [0.25, 0.3) is 0 Å². The zero-order chi connectivity index (χ0) is 4.99. The van der Waals surface area contributed by atoms with Crippen LogP contribution in [0.4, 0.5) is 0 Å². The van der Waals surface area contributed by atoms with E-state index in [0.29, 0.717) is 0 Å². The second-order valence-electron chi connectivity index (χ2n) is 0.920. The molecule has 0 bridgehead atoms. The Morgan fingerprint density at radius 3 is 2.17 bits per heavy atom. The van der Waals surface area contributed by atoms with Gasteiger partial charge in [0, 0.05) is 0 Å². The fourth-order valence-corrected chi connectivity index (χ4v) is 0.101. The van der Waals surface area contributed by atoms with Crippen molar-refractivity contribution in [3.8, 4) is 0 Å². The first kappa shape index (κ1) is 5.43. The van der Waals surface area contributed by atoms with Crippen molar-refractivity contribution in [2.24, 2.45) is 5.73 Å². The topological polar surface area (TPSA) is 63.0 Å². The molecule has 0 atom stereocenters. The zero-order valence-electron chi connectivity index (χ0n) is 3.31. The molecule has 0 saturated carbocycles. The Bertz CT molecular complexity index is 52.8. The van der Waals surface area contributed by atoms with E-state index in [0.717, 1.165) is 0 Å². The van der Waals surface area contributed by atoms with E-state index >= 15 is 0 Å². The molecule has 1 radical (unpaired) electrons. The van der Waals surface area contributed by atoms with Crippen molar-refractivity contribution in [3.63, 3.8) is 0 Å². The minimum Gasteiger partial charge on any atom is -0.370 e. The number of nitrogens with two attached hydrogens (primary N) is 1. The molecule has 0 aromatic heterocycles. The molecule has 6 heavy (non-hydrogen) atoms. The molecule has 0 aromatic carbocycles. The highest BCUT2D eigenvalue weighted by atomic mass is 16.3. The lowest BCUT2D eigenvalue weighted by Gasteiger charge is -1.79. The molecule has 35 valence electrons. The van der Waals surface area contributed by atoms with E-state index < -0.39 is 12.5 Å². The average Bonchev–Trinajstić information content (AvgIpc) is 1.35. The maximum Gasteiger partial charge on any atom is 0.219 e. The van der Waals surface area contributed by atoms with Crippen molar-refractivity contribution in [1.82, 2.24) is 0 Å². The van der Waals surface area contributed by atoms with Gasteiger partial charge in [0.25, 0.3) is 0 Å². The summed E-state index contributed by atoms with van der Waals surface area (Å²) in [5, 5.41) is 9.44. The number of carbonyl (C=O) groups is 1. The summed E-state index contributed by atoms with van der Waals surface area (Å²) < 4.78 is 0. The van der Waals surface area contributed by atoms with Gasteiger partial charge in [0.15, 0.2) is 0 Å². The van der Waals surface area contributed by atoms with E-state index in [4.69, 9.17) is 0 Å². The van der Waals surface area contributed by atoms with Gasteiger partial charge in [-0.2, -0.15) is 0 Å². The van der Waals surface area contributed by atoms with Gasteiger partial charge >= 0.3 is 0 Å². The van der Waals surface area contributed by atoms with Gasteiger partial charge in [0.05, 0.1) is 13.0 Å². The Hall–Kier alpha value is -0.570. The Balaban J connectivity index is 2.83. The van der Waals surface area contributed by atoms with E-state index in [1.807, 2.05) is 0 Å². The number of hydrogen-bond donors (Lipinski definition) is 1. The van der Waals surface area contributed by atoms with Crippen LogP contribution in [0.5, 0.6) is 0 Å². The monoisotopic (exact) mass is 88.0 g/mol. The van der Waals surface area contributed by atoms with Crippen LogP contribution < -0.4 is 5.73 Å². The minimum absolute atomic E-state index is 0.0417. The summed E-state index contributed by atoms with van der Waals surface area (Å²) in [6.45, 7) is -0.394. The summed E-state index contributed by atoms with van der Waals surface area (Å²) in [7, 11) is 0. The molecule has 3 heteroatoms. The zero-order valence-corrected chi connectivity index (χ0v) is 3.31. The van der Waals surface area contributed by atoms with Crippen LogP contribution in [0.2, 0.25) is 0 Å². The van der Waals surface area contributed by atoms with Gasteiger partial charge in [-0.25, -0.2) is 5.11 Å². The maximum absolute atomic E-state index is 9.62. The Kier molecular flexibility index (Phi) is 2.40. The third kappa shape index (κ3) is 3.43. The molecule has 0 aliphatic heterocycles. The number of amides is 1. The molecule has 0 spiro atoms. The first-order chi connectivity index (χ1) is 2.77. The fraction of sp³-hybridized carbons (Fsp3) is 0.667. The molecule has 1 amide bonds. The van der Waals surface area contributed by atoms with E-state index in [1.165, 1.54) is 0 Å². The van der Waals surface area contributed by atoms with Crippen LogP contribution in [-0.2, 0) is 9.90 Å². The van der Waals surface area contributed by atoms with Crippen molar-refractivity contribution in [2.45, 2.75) is 6.42 Å². The fourth-order valence-electron chi connectivity index (χ4n) is 0.101. The molecule has 0 aromatic rings. The highest BCUT2D eigenvalue weighted by molar-refractivity contribution is 5.73. The normalized spacial score (nSPS) is 8.17. The van der Waals surface area contributed by atoms with Crippen molar-refractivity contribution >= 4 is 5.91 Å². The second kappa shape index (κ2) is 2.66. The molecular formula is C3H6NO2. The molecule has 0 aliphatic rings. The second-order valence-corrected chi connectivity index (χ2v) is 0.920. The molecule has 0 unspecified atom stereocenters. The quantitative estimate of drug-likeness (QED) is 0.476. The van der Waals surface area contributed by atoms with Crippen molar-refractivity contribution in [1.29, 1.82) is 0 Å². The van der Waals surface area contributed by atoms with Crippen LogP contribution in [0, 0.1) is 0 Å². The van der Waals surface area contributed by atoms with E-state index in [9.17, 15) is 9.90 Å². The lowest BCUT2D eigenvalue weighted by Crippen LogP contribution is -2.10. The smallest absolute Gasteiger partial charge is 0.219 e. The molecule has 2 N–H and O–H groups in total. The summed E-state index contributed by atoms with van der Waals surface area (Å²) in [4.78, 5) is 9.62. The highest BCUT2D eigenvalue weighted by Gasteiger charge is 1.87. The van der Waals surface area contributed by atoms with Gasteiger partial charge < -0.3 is 5.73 Å². The van der Waals surface area contributed by atoms with Crippen molar-refractivity contribution < 1.29 is 9.90 Å². The first-order valence-electron chi connectivity index (χ1n) is 1.64. The van der Waals surface area contributed by atoms with Gasteiger partial charge in [0.1, 0.15) is 0 Å². The first-order valence-corrected chi connectivity index (χ1v) is 1.64. The molecule has 0 heterocycles. The lowest BCUT2D eigenvalue weighted by molar-refractivity contribution is -0.118. The molecular weight excluding hydrogens is 82.0 g/mol. The highest BCUT2D eigenvalue weighted by Crippen LogP contribution is 1.67. The van der Waals surface area contributed by atoms with Crippen LogP contribution in [0.1, 0.15) is 6.42 Å². The van der Waals surface area contributed by atoms with E-state index in [-0.39, 0.29) is 6.42 Å².